The van der Waals surface area contributed by atoms with Crippen LogP contribution in [0.3, 0.4) is 0 Å². The normalized spacial score (nSPS) is 10.7. The minimum Gasteiger partial charge on any atom is -0.390 e. The average Bonchev–Trinajstić information content (AvgIpc) is 2.76. The Labute approximate surface area is 90.9 Å². The van der Waals surface area contributed by atoms with E-state index in [4.69, 9.17) is 5.11 Å². The Morgan fingerprint density at radius 1 is 1.50 bits per heavy atom. The van der Waals surface area contributed by atoms with Crippen LogP contribution in [0.2, 0.25) is 0 Å². The largest absolute Gasteiger partial charge is 0.390 e. The number of aryl methyl sites for hydroxylation is 1. The summed E-state index contributed by atoms with van der Waals surface area (Å²) in [4.78, 5) is 6.82. The van der Waals surface area contributed by atoms with Gasteiger partial charge in [0, 0.05) is 16.2 Å². The lowest BCUT2D eigenvalue weighted by molar-refractivity contribution is 0.276. The zero-order chi connectivity index (χ0) is 9.97. The Hall–Kier alpha value is -0.710. The van der Waals surface area contributed by atoms with Gasteiger partial charge in [-0.2, -0.15) is 0 Å². The molecule has 2 aromatic rings. The molecule has 74 valence electrons. The van der Waals surface area contributed by atoms with E-state index in [0.29, 0.717) is 0 Å². The molecule has 2 nitrogen and oxygen atoms in total. The van der Waals surface area contributed by atoms with E-state index in [1.807, 2.05) is 13.0 Å². The summed E-state index contributed by atoms with van der Waals surface area (Å²) in [5, 5.41) is 12.2. The fourth-order valence-electron chi connectivity index (χ4n) is 1.27. The highest BCUT2D eigenvalue weighted by molar-refractivity contribution is 7.12. The Morgan fingerprint density at radius 2 is 2.36 bits per heavy atom. The minimum absolute atomic E-state index is 0.0484. The molecule has 0 aromatic carbocycles. The molecule has 2 heterocycles. The third-order valence-corrected chi connectivity index (χ3v) is 3.88. The molecule has 0 spiro atoms. The first-order valence-corrected chi connectivity index (χ1v) is 6.07. The van der Waals surface area contributed by atoms with Crippen molar-refractivity contribution in [1.82, 2.24) is 4.98 Å². The van der Waals surface area contributed by atoms with Gasteiger partial charge in [-0.1, -0.05) is 6.07 Å². The summed E-state index contributed by atoms with van der Waals surface area (Å²) >= 11 is 3.42. The second-order valence-corrected chi connectivity index (χ2v) is 5.34. The van der Waals surface area contributed by atoms with Gasteiger partial charge >= 0.3 is 0 Å². The highest BCUT2D eigenvalue weighted by Gasteiger charge is 2.07. The molecule has 0 unspecified atom stereocenters. The van der Waals surface area contributed by atoms with Gasteiger partial charge in [0.2, 0.25) is 0 Å². The molecule has 14 heavy (non-hydrogen) atoms. The van der Waals surface area contributed by atoms with Crippen LogP contribution in [0.25, 0.3) is 0 Å². The molecule has 2 aromatic heterocycles. The second-order valence-electron chi connectivity index (χ2n) is 3.02. The van der Waals surface area contributed by atoms with Gasteiger partial charge in [-0.25, -0.2) is 4.98 Å². The lowest BCUT2D eigenvalue weighted by Gasteiger charge is -1.90. The van der Waals surface area contributed by atoms with Gasteiger partial charge in [0.15, 0.2) is 0 Å². The van der Waals surface area contributed by atoms with Gasteiger partial charge in [0.25, 0.3) is 0 Å². The molecule has 0 saturated heterocycles. The van der Waals surface area contributed by atoms with E-state index in [1.54, 1.807) is 22.7 Å². The standard InChI is InChI=1S/C10H11NOS2/c1-7-9(6-12)11-10(14-7)5-8-3-2-4-13-8/h2-4,12H,5-6H2,1H3. The van der Waals surface area contributed by atoms with Gasteiger partial charge < -0.3 is 5.11 Å². The first kappa shape index (κ1) is 9.83. The van der Waals surface area contributed by atoms with Crippen molar-refractivity contribution in [3.63, 3.8) is 0 Å². The van der Waals surface area contributed by atoms with Gasteiger partial charge in [-0.15, -0.1) is 22.7 Å². The first-order valence-electron chi connectivity index (χ1n) is 4.38. The second kappa shape index (κ2) is 4.21. The number of aliphatic hydroxyl groups excluding tert-OH is 1. The molecule has 0 saturated carbocycles. The average molecular weight is 225 g/mol. The topological polar surface area (TPSA) is 33.1 Å². The highest BCUT2D eigenvalue weighted by Crippen LogP contribution is 2.22. The number of thiazole rings is 1. The van der Waals surface area contributed by atoms with Crippen LogP contribution in [-0.2, 0) is 13.0 Å². The van der Waals surface area contributed by atoms with E-state index in [1.165, 1.54) is 4.88 Å². The number of hydrogen-bond acceptors (Lipinski definition) is 4. The van der Waals surface area contributed by atoms with Crippen molar-refractivity contribution in [2.45, 2.75) is 20.0 Å². The Balaban J connectivity index is 2.17. The Morgan fingerprint density at radius 3 is 2.93 bits per heavy atom. The van der Waals surface area contributed by atoms with Gasteiger partial charge in [0.1, 0.15) is 0 Å². The molecule has 0 aliphatic carbocycles. The van der Waals surface area contributed by atoms with Crippen molar-refractivity contribution in [2.75, 3.05) is 0 Å². The first-order chi connectivity index (χ1) is 6.79. The number of aliphatic hydroxyl groups is 1. The van der Waals surface area contributed by atoms with E-state index in [2.05, 4.69) is 16.4 Å². The van der Waals surface area contributed by atoms with Crippen LogP contribution in [-0.4, -0.2) is 10.1 Å². The molecule has 0 aliphatic heterocycles. The summed E-state index contributed by atoms with van der Waals surface area (Å²) in [6.45, 7) is 2.05. The number of thiophene rings is 1. The summed E-state index contributed by atoms with van der Waals surface area (Å²) < 4.78 is 0. The lowest BCUT2D eigenvalue weighted by Crippen LogP contribution is -1.87. The molecule has 0 aliphatic rings. The van der Waals surface area contributed by atoms with Gasteiger partial charge in [0.05, 0.1) is 17.3 Å². The van der Waals surface area contributed by atoms with Crippen LogP contribution < -0.4 is 0 Å². The summed E-state index contributed by atoms with van der Waals surface area (Å²) in [7, 11) is 0. The van der Waals surface area contributed by atoms with Crippen LogP contribution in [0, 0.1) is 6.92 Å². The fourth-order valence-corrected chi connectivity index (χ4v) is 3.04. The molecule has 2 rings (SSSR count). The zero-order valence-corrected chi connectivity index (χ0v) is 9.49. The van der Waals surface area contributed by atoms with Crippen LogP contribution in [0.1, 0.15) is 20.5 Å². The fraction of sp³-hybridized carbons (Fsp3) is 0.300. The van der Waals surface area contributed by atoms with Crippen molar-refractivity contribution in [3.8, 4) is 0 Å². The van der Waals surface area contributed by atoms with Crippen LogP contribution >= 0.6 is 22.7 Å². The van der Waals surface area contributed by atoms with Gasteiger partial charge in [-0.05, 0) is 18.4 Å². The van der Waals surface area contributed by atoms with Crippen molar-refractivity contribution >= 4 is 22.7 Å². The maximum Gasteiger partial charge on any atom is 0.0984 e. The maximum atomic E-state index is 9.00. The smallest absolute Gasteiger partial charge is 0.0984 e. The molecule has 0 fully saturated rings. The number of aromatic nitrogens is 1. The predicted molar refractivity (Wildman–Crippen MR) is 59.9 cm³/mol. The SMILES string of the molecule is Cc1sc(Cc2cccs2)nc1CO. The summed E-state index contributed by atoms with van der Waals surface area (Å²) in [5.41, 5.74) is 0.821. The molecule has 0 radical (unpaired) electrons. The van der Waals surface area contributed by atoms with E-state index in [9.17, 15) is 0 Å². The van der Waals surface area contributed by atoms with Crippen molar-refractivity contribution in [3.05, 3.63) is 38.0 Å². The van der Waals surface area contributed by atoms with Crippen molar-refractivity contribution in [1.29, 1.82) is 0 Å². The van der Waals surface area contributed by atoms with Crippen molar-refractivity contribution < 1.29 is 5.11 Å². The third-order valence-electron chi connectivity index (χ3n) is 1.99. The number of hydrogen-bond donors (Lipinski definition) is 1. The molecular weight excluding hydrogens is 214 g/mol. The van der Waals surface area contributed by atoms with E-state index in [-0.39, 0.29) is 6.61 Å². The lowest BCUT2D eigenvalue weighted by atomic mass is 10.3. The zero-order valence-electron chi connectivity index (χ0n) is 7.86. The molecule has 1 N–H and O–H groups in total. The monoisotopic (exact) mass is 225 g/mol. The molecule has 0 bridgehead atoms. The Bertz CT molecular complexity index is 406. The van der Waals surface area contributed by atoms with Crippen LogP contribution in [0.4, 0.5) is 0 Å². The number of rotatable bonds is 3. The van der Waals surface area contributed by atoms with E-state index >= 15 is 0 Å². The minimum atomic E-state index is 0.0484. The van der Waals surface area contributed by atoms with Crippen molar-refractivity contribution in [2.24, 2.45) is 0 Å². The Kier molecular flexibility index (Phi) is 2.96. The summed E-state index contributed by atoms with van der Waals surface area (Å²) in [6.07, 6.45) is 0.892. The molecule has 0 amide bonds. The molecule has 0 atom stereocenters. The van der Waals surface area contributed by atoms with E-state index in [0.717, 1.165) is 22.0 Å². The summed E-state index contributed by atoms with van der Waals surface area (Å²) in [5.74, 6) is 0. The molecular formula is C10H11NOS2. The third kappa shape index (κ3) is 2.03. The van der Waals surface area contributed by atoms with Crippen LogP contribution in [0.15, 0.2) is 17.5 Å². The van der Waals surface area contributed by atoms with Gasteiger partial charge in [-0.3, -0.25) is 0 Å². The molecule has 4 heteroatoms. The van der Waals surface area contributed by atoms with E-state index < -0.39 is 0 Å². The summed E-state index contributed by atoms with van der Waals surface area (Å²) in [6, 6.07) is 4.16. The quantitative estimate of drug-likeness (QED) is 0.871. The predicted octanol–water partition coefficient (Wildman–Crippen LogP) is 2.60. The van der Waals surface area contributed by atoms with Crippen LogP contribution in [0.5, 0.6) is 0 Å². The maximum absolute atomic E-state index is 9.00. The number of nitrogens with zero attached hydrogens (tertiary/aromatic N) is 1. The highest BCUT2D eigenvalue weighted by atomic mass is 32.1.